The first-order valence-corrected chi connectivity index (χ1v) is 8.38. The van der Waals surface area contributed by atoms with E-state index >= 15 is 0 Å². The summed E-state index contributed by atoms with van der Waals surface area (Å²) in [6.45, 7) is 10.4. The van der Waals surface area contributed by atoms with Crippen molar-refractivity contribution < 1.29 is 0 Å². The third-order valence-corrected chi connectivity index (χ3v) is 4.07. The summed E-state index contributed by atoms with van der Waals surface area (Å²) in [6, 6.07) is 7.09. The largest absolute Gasteiger partial charge is 0.357 e. The number of nitrogens with zero attached hydrogens (tertiary/aromatic N) is 3. The Labute approximate surface area is 134 Å². The molecule has 0 bridgehead atoms. The van der Waals surface area contributed by atoms with Crippen molar-refractivity contribution in [1.29, 1.82) is 0 Å². The van der Waals surface area contributed by atoms with Gasteiger partial charge in [-0.1, -0.05) is 6.07 Å². The maximum atomic E-state index is 4.65. The topological polar surface area (TPSA) is 52.6 Å². The molecule has 0 unspecified atom stereocenters. The zero-order valence-electron chi connectivity index (χ0n) is 14.0. The van der Waals surface area contributed by atoms with Crippen molar-refractivity contribution >= 4 is 5.96 Å². The van der Waals surface area contributed by atoms with Crippen molar-refractivity contribution in [3.8, 4) is 0 Å². The number of likely N-dealkylation sites (tertiary alicyclic amines) is 1. The van der Waals surface area contributed by atoms with E-state index in [9.17, 15) is 0 Å². The van der Waals surface area contributed by atoms with Crippen LogP contribution < -0.4 is 10.6 Å². The second-order valence-electron chi connectivity index (χ2n) is 6.06. The molecule has 0 amide bonds. The second kappa shape index (κ2) is 8.73. The lowest BCUT2D eigenvalue weighted by Crippen LogP contribution is -2.49. The highest BCUT2D eigenvalue weighted by atomic mass is 15.2. The predicted octanol–water partition coefficient (Wildman–Crippen LogP) is 2.01. The van der Waals surface area contributed by atoms with Crippen molar-refractivity contribution in [2.24, 2.45) is 4.99 Å². The molecule has 0 spiro atoms. The van der Waals surface area contributed by atoms with E-state index in [1.807, 2.05) is 24.4 Å². The Bertz CT molecular complexity index is 449. The smallest absolute Gasteiger partial charge is 0.191 e. The molecule has 1 aliphatic rings. The van der Waals surface area contributed by atoms with Crippen LogP contribution in [0.3, 0.4) is 0 Å². The Morgan fingerprint density at radius 1 is 1.36 bits per heavy atom. The minimum Gasteiger partial charge on any atom is -0.357 e. The third kappa shape index (κ3) is 5.30. The minimum atomic E-state index is 0.511. The van der Waals surface area contributed by atoms with Crippen LogP contribution in [0.4, 0.5) is 0 Å². The first kappa shape index (κ1) is 16.7. The summed E-state index contributed by atoms with van der Waals surface area (Å²) in [5.41, 5.74) is 0.995. The number of nitrogens with one attached hydrogen (secondary N) is 2. The molecule has 2 rings (SSSR count). The van der Waals surface area contributed by atoms with Gasteiger partial charge in [0, 0.05) is 37.9 Å². The van der Waals surface area contributed by atoms with Gasteiger partial charge in [0.25, 0.3) is 0 Å². The van der Waals surface area contributed by atoms with Crippen LogP contribution in [-0.4, -0.2) is 47.6 Å². The molecule has 1 aromatic rings. The normalized spacial score (nSPS) is 17.7. The number of rotatable bonds is 5. The summed E-state index contributed by atoms with van der Waals surface area (Å²) in [5, 5.41) is 6.90. The van der Waals surface area contributed by atoms with Crippen LogP contribution in [0.1, 0.15) is 39.3 Å². The van der Waals surface area contributed by atoms with Gasteiger partial charge < -0.3 is 15.5 Å². The van der Waals surface area contributed by atoms with Gasteiger partial charge in [0.2, 0.25) is 0 Å². The van der Waals surface area contributed by atoms with E-state index in [-0.39, 0.29) is 0 Å². The van der Waals surface area contributed by atoms with Gasteiger partial charge in [0.15, 0.2) is 5.96 Å². The molecule has 1 aromatic heterocycles. The number of piperidine rings is 1. The molecule has 0 aromatic carbocycles. The highest BCUT2D eigenvalue weighted by molar-refractivity contribution is 5.80. The van der Waals surface area contributed by atoms with Gasteiger partial charge >= 0.3 is 0 Å². The lowest BCUT2D eigenvalue weighted by Gasteiger charge is -2.35. The molecule has 1 saturated heterocycles. The lowest BCUT2D eigenvalue weighted by atomic mass is 10.0. The summed E-state index contributed by atoms with van der Waals surface area (Å²) in [4.78, 5) is 11.5. The number of aromatic nitrogens is 1. The Morgan fingerprint density at radius 3 is 2.73 bits per heavy atom. The van der Waals surface area contributed by atoms with Crippen LogP contribution in [0, 0.1) is 0 Å². The van der Waals surface area contributed by atoms with E-state index in [1.165, 1.54) is 12.8 Å². The maximum absolute atomic E-state index is 4.65. The van der Waals surface area contributed by atoms with E-state index in [1.54, 1.807) is 0 Å². The van der Waals surface area contributed by atoms with Crippen LogP contribution >= 0.6 is 0 Å². The van der Waals surface area contributed by atoms with E-state index in [0.29, 0.717) is 18.6 Å². The molecule has 2 N–H and O–H groups in total. The Hall–Kier alpha value is -1.62. The van der Waals surface area contributed by atoms with Crippen LogP contribution in [0.2, 0.25) is 0 Å². The fraction of sp³-hybridized carbons (Fsp3) is 0.647. The summed E-state index contributed by atoms with van der Waals surface area (Å²) >= 11 is 0. The van der Waals surface area contributed by atoms with Gasteiger partial charge in [-0.05, 0) is 45.7 Å². The van der Waals surface area contributed by atoms with Crippen molar-refractivity contribution in [3.63, 3.8) is 0 Å². The van der Waals surface area contributed by atoms with Gasteiger partial charge in [0.05, 0.1) is 12.2 Å². The molecule has 22 heavy (non-hydrogen) atoms. The van der Waals surface area contributed by atoms with Crippen molar-refractivity contribution in [2.45, 2.75) is 52.2 Å². The molecule has 0 saturated carbocycles. The standard InChI is InChI=1S/C17H29N5/c1-4-18-17(20-13-16-7-5-6-10-19-16)21-15-8-11-22(12-9-15)14(2)3/h5-7,10,14-15H,4,8-9,11-13H2,1-3H3,(H2,18,20,21). The van der Waals surface area contributed by atoms with Gasteiger partial charge in [-0.3, -0.25) is 4.98 Å². The zero-order chi connectivity index (χ0) is 15.8. The SMILES string of the molecule is CCNC(=NCc1ccccn1)NC1CCN(C(C)C)CC1. The molecule has 1 aliphatic heterocycles. The van der Waals surface area contributed by atoms with Crippen LogP contribution in [0.5, 0.6) is 0 Å². The highest BCUT2D eigenvalue weighted by Crippen LogP contribution is 2.12. The maximum Gasteiger partial charge on any atom is 0.191 e. The Balaban J connectivity index is 1.86. The summed E-state index contributed by atoms with van der Waals surface area (Å²) < 4.78 is 0. The molecule has 0 aliphatic carbocycles. The predicted molar refractivity (Wildman–Crippen MR) is 91.9 cm³/mol. The number of hydrogen-bond acceptors (Lipinski definition) is 3. The Morgan fingerprint density at radius 2 is 2.14 bits per heavy atom. The molecule has 2 heterocycles. The van der Waals surface area contributed by atoms with E-state index in [0.717, 1.165) is 31.3 Å². The minimum absolute atomic E-state index is 0.511. The summed E-state index contributed by atoms with van der Waals surface area (Å²) in [7, 11) is 0. The van der Waals surface area contributed by atoms with E-state index in [2.05, 4.69) is 46.3 Å². The molecule has 1 fully saturated rings. The average Bonchev–Trinajstić information content (AvgIpc) is 2.54. The summed E-state index contributed by atoms with van der Waals surface area (Å²) in [6.07, 6.45) is 4.16. The number of aliphatic imine (C=N–C) groups is 1. The molecule has 0 radical (unpaired) electrons. The van der Waals surface area contributed by atoms with Crippen LogP contribution in [-0.2, 0) is 6.54 Å². The van der Waals surface area contributed by atoms with Crippen molar-refractivity contribution in [3.05, 3.63) is 30.1 Å². The number of guanidine groups is 1. The first-order valence-electron chi connectivity index (χ1n) is 8.38. The van der Waals surface area contributed by atoms with Crippen molar-refractivity contribution in [2.75, 3.05) is 19.6 Å². The fourth-order valence-corrected chi connectivity index (χ4v) is 2.73. The quantitative estimate of drug-likeness (QED) is 0.645. The van der Waals surface area contributed by atoms with Gasteiger partial charge in [-0.15, -0.1) is 0 Å². The molecule has 122 valence electrons. The molecular formula is C17H29N5. The monoisotopic (exact) mass is 303 g/mol. The first-order chi connectivity index (χ1) is 10.7. The lowest BCUT2D eigenvalue weighted by molar-refractivity contribution is 0.167. The van der Waals surface area contributed by atoms with Gasteiger partial charge in [0.1, 0.15) is 0 Å². The van der Waals surface area contributed by atoms with Crippen LogP contribution in [0.15, 0.2) is 29.4 Å². The van der Waals surface area contributed by atoms with Gasteiger partial charge in [-0.2, -0.15) is 0 Å². The molecule has 5 heteroatoms. The Kier molecular flexibility index (Phi) is 6.65. The van der Waals surface area contributed by atoms with E-state index in [4.69, 9.17) is 0 Å². The van der Waals surface area contributed by atoms with Crippen molar-refractivity contribution in [1.82, 2.24) is 20.5 Å². The molecular weight excluding hydrogens is 274 g/mol. The third-order valence-electron chi connectivity index (χ3n) is 4.07. The number of hydrogen-bond donors (Lipinski definition) is 2. The summed E-state index contributed by atoms with van der Waals surface area (Å²) in [5.74, 6) is 0.899. The fourth-order valence-electron chi connectivity index (χ4n) is 2.73. The van der Waals surface area contributed by atoms with Gasteiger partial charge in [-0.25, -0.2) is 4.99 Å². The second-order valence-corrected chi connectivity index (χ2v) is 6.06. The number of pyridine rings is 1. The zero-order valence-corrected chi connectivity index (χ0v) is 14.0. The highest BCUT2D eigenvalue weighted by Gasteiger charge is 2.21. The molecule has 5 nitrogen and oxygen atoms in total. The van der Waals surface area contributed by atoms with E-state index < -0.39 is 0 Å². The van der Waals surface area contributed by atoms with Crippen LogP contribution in [0.25, 0.3) is 0 Å². The molecule has 0 atom stereocenters. The average molecular weight is 303 g/mol.